The minimum Gasteiger partial charge on any atom is -0.382 e. The topological polar surface area (TPSA) is 56.4 Å². The van der Waals surface area contributed by atoms with E-state index >= 15 is 0 Å². The van der Waals surface area contributed by atoms with E-state index in [1.54, 1.807) is 32.2 Å². The van der Waals surface area contributed by atoms with Crippen molar-refractivity contribution in [1.82, 2.24) is 21.1 Å². The number of hydrogen-bond donors (Lipinski definition) is 3. The number of halogens is 1. The summed E-state index contributed by atoms with van der Waals surface area (Å²) in [7, 11) is 5.27. The van der Waals surface area contributed by atoms with Crippen LogP contribution in [0, 0.1) is 0 Å². The van der Waals surface area contributed by atoms with Crippen molar-refractivity contribution in [1.29, 1.82) is 0 Å². The fraction of sp³-hybridized carbons (Fsp3) is 0.667. The van der Waals surface area contributed by atoms with Gasteiger partial charge in [-0.25, -0.2) is 9.82 Å². The average molecular weight is 216 g/mol. The summed E-state index contributed by atoms with van der Waals surface area (Å²) in [6.07, 6.45) is 1.16. The molecule has 1 saturated carbocycles. The van der Waals surface area contributed by atoms with Gasteiger partial charge in [-0.05, 0) is 0 Å². The molecule has 5 nitrogen and oxygen atoms in total. The van der Waals surface area contributed by atoms with E-state index in [2.05, 4.69) is 16.2 Å². The van der Waals surface area contributed by atoms with E-state index in [1.165, 1.54) is 0 Å². The first kappa shape index (κ1) is 11.8. The normalized spacial score (nSPS) is 24.7. The maximum atomic E-state index is 12.6. The minimum atomic E-state index is -0.885. The SMILES string of the molecule is CNN/C(=C\N(C)C)C(=O)N[C@@H]1C[C@@H]1F. The molecule has 0 aromatic heterocycles. The lowest BCUT2D eigenvalue weighted by molar-refractivity contribution is -0.118. The number of nitrogens with zero attached hydrogens (tertiary/aromatic N) is 1. The Morgan fingerprint density at radius 3 is 2.53 bits per heavy atom. The average Bonchev–Trinajstić information content (AvgIpc) is 2.80. The van der Waals surface area contributed by atoms with Crippen LogP contribution in [0.1, 0.15) is 6.42 Å². The fourth-order valence-electron chi connectivity index (χ4n) is 1.10. The van der Waals surface area contributed by atoms with Gasteiger partial charge in [-0.2, -0.15) is 0 Å². The summed E-state index contributed by atoms with van der Waals surface area (Å²) in [4.78, 5) is 13.3. The van der Waals surface area contributed by atoms with E-state index in [9.17, 15) is 9.18 Å². The molecule has 2 atom stereocenters. The molecule has 1 rings (SSSR count). The third-order valence-electron chi connectivity index (χ3n) is 1.92. The maximum absolute atomic E-state index is 12.6. The van der Waals surface area contributed by atoms with Crippen LogP contribution in [0.15, 0.2) is 11.9 Å². The monoisotopic (exact) mass is 216 g/mol. The number of hydrogen-bond acceptors (Lipinski definition) is 4. The first-order valence-corrected chi connectivity index (χ1v) is 4.80. The molecule has 3 N–H and O–H groups in total. The Morgan fingerprint density at radius 1 is 1.53 bits per heavy atom. The molecule has 6 heteroatoms. The molecular formula is C9H17FN4O. The van der Waals surface area contributed by atoms with Gasteiger partial charge in [0.15, 0.2) is 0 Å². The first-order chi connectivity index (χ1) is 7.04. The molecule has 1 aliphatic carbocycles. The highest BCUT2D eigenvalue weighted by Crippen LogP contribution is 2.24. The Balaban J connectivity index is 2.51. The fourth-order valence-corrected chi connectivity index (χ4v) is 1.10. The molecule has 0 spiro atoms. The van der Waals surface area contributed by atoms with Gasteiger partial charge in [0.2, 0.25) is 0 Å². The van der Waals surface area contributed by atoms with Gasteiger partial charge in [0.1, 0.15) is 11.9 Å². The van der Waals surface area contributed by atoms with Gasteiger partial charge in [-0.3, -0.25) is 4.79 Å². The summed E-state index contributed by atoms with van der Waals surface area (Å²) in [6, 6.07) is -0.318. The van der Waals surface area contributed by atoms with E-state index < -0.39 is 6.17 Å². The van der Waals surface area contributed by atoms with Crippen molar-refractivity contribution in [2.24, 2.45) is 0 Å². The van der Waals surface area contributed by atoms with Crippen molar-refractivity contribution < 1.29 is 9.18 Å². The summed E-state index contributed by atoms with van der Waals surface area (Å²) >= 11 is 0. The molecule has 1 fully saturated rings. The van der Waals surface area contributed by atoms with Gasteiger partial charge in [-0.15, -0.1) is 0 Å². The van der Waals surface area contributed by atoms with Crippen LogP contribution >= 0.6 is 0 Å². The van der Waals surface area contributed by atoms with Crippen molar-refractivity contribution in [2.45, 2.75) is 18.6 Å². The lowest BCUT2D eigenvalue weighted by Gasteiger charge is -2.13. The summed E-state index contributed by atoms with van der Waals surface area (Å²) in [5, 5.41) is 2.58. The van der Waals surface area contributed by atoms with Gasteiger partial charge in [0.25, 0.3) is 5.91 Å². The number of nitrogens with one attached hydrogen (secondary N) is 3. The molecule has 0 unspecified atom stereocenters. The van der Waals surface area contributed by atoms with E-state index in [0.717, 1.165) is 0 Å². The van der Waals surface area contributed by atoms with Crippen LogP contribution in [-0.2, 0) is 4.79 Å². The summed E-state index contributed by atoms with van der Waals surface area (Å²) < 4.78 is 12.6. The third-order valence-corrected chi connectivity index (χ3v) is 1.92. The van der Waals surface area contributed by atoms with Crippen LogP contribution in [-0.4, -0.2) is 44.2 Å². The first-order valence-electron chi connectivity index (χ1n) is 4.80. The second-order valence-electron chi connectivity index (χ2n) is 3.71. The van der Waals surface area contributed by atoms with Gasteiger partial charge in [0, 0.05) is 33.8 Å². The molecule has 0 aliphatic heterocycles. The Morgan fingerprint density at radius 2 is 2.13 bits per heavy atom. The zero-order valence-corrected chi connectivity index (χ0v) is 9.17. The van der Waals surface area contributed by atoms with Crippen molar-refractivity contribution in [3.63, 3.8) is 0 Å². The molecule has 0 aromatic carbocycles. The summed E-state index contributed by atoms with van der Waals surface area (Å²) in [5.41, 5.74) is 5.72. The number of alkyl halides is 1. The van der Waals surface area contributed by atoms with Crippen molar-refractivity contribution in [2.75, 3.05) is 21.1 Å². The predicted octanol–water partition coefficient (Wildman–Crippen LogP) is -0.660. The molecule has 1 amide bonds. The van der Waals surface area contributed by atoms with E-state index in [1.807, 2.05) is 0 Å². The van der Waals surface area contributed by atoms with Crippen LogP contribution in [0.3, 0.4) is 0 Å². The molecular weight excluding hydrogens is 199 g/mol. The molecule has 86 valence electrons. The van der Waals surface area contributed by atoms with Gasteiger partial charge < -0.3 is 15.6 Å². The predicted molar refractivity (Wildman–Crippen MR) is 55.4 cm³/mol. The van der Waals surface area contributed by atoms with Crippen molar-refractivity contribution in [3.8, 4) is 0 Å². The highest BCUT2D eigenvalue weighted by Gasteiger charge is 2.39. The minimum absolute atomic E-state index is 0.303. The number of rotatable bonds is 5. The number of amides is 1. The zero-order chi connectivity index (χ0) is 11.4. The highest BCUT2D eigenvalue weighted by atomic mass is 19.1. The molecule has 15 heavy (non-hydrogen) atoms. The maximum Gasteiger partial charge on any atom is 0.270 e. The molecule has 0 radical (unpaired) electrons. The van der Waals surface area contributed by atoms with Gasteiger partial charge in [-0.1, -0.05) is 0 Å². The smallest absolute Gasteiger partial charge is 0.270 e. The molecule has 0 aromatic rings. The van der Waals surface area contributed by atoms with Gasteiger partial charge in [0.05, 0.1) is 6.04 Å². The van der Waals surface area contributed by atoms with Crippen LogP contribution in [0.25, 0.3) is 0 Å². The molecule has 0 heterocycles. The lowest BCUT2D eigenvalue weighted by Crippen LogP contribution is -2.39. The Kier molecular flexibility index (Phi) is 3.90. The van der Waals surface area contributed by atoms with Crippen LogP contribution in [0.5, 0.6) is 0 Å². The number of carbonyl (C=O) groups excluding carboxylic acids is 1. The molecule has 0 saturated heterocycles. The zero-order valence-electron chi connectivity index (χ0n) is 9.17. The standard InChI is InChI=1S/C9H17FN4O/c1-11-13-8(5-14(2)3)9(15)12-7-4-6(7)10/h5-7,11,13H,4H2,1-3H3,(H,12,15)/b8-5-/t6-,7+/m0/s1. The third kappa shape index (κ3) is 3.75. The van der Waals surface area contributed by atoms with Crippen LogP contribution in [0.4, 0.5) is 4.39 Å². The molecule has 0 bridgehead atoms. The number of carbonyl (C=O) groups is 1. The second-order valence-corrected chi connectivity index (χ2v) is 3.71. The van der Waals surface area contributed by atoms with Crippen molar-refractivity contribution >= 4 is 5.91 Å². The second kappa shape index (κ2) is 4.97. The largest absolute Gasteiger partial charge is 0.382 e. The Labute approximate surface area is 88.7 Å². The quantitative estimate of drug-likeness (QED) is 0.422. The molecule has 1 aliphatic rings. The Bertz CT molecular complexity index is 267. The van der Waals surface area contributed by atoms with Crippen LogP contribution < -0.4 is 16.2 Å². The van der Waals surface area contributed by atoms with Crippen molar-refractivity contribution in [3.05, 3.63) is 11.9 Å². The van der Waals surface area contributed by atoms with E-state index in [0.29, 0.717) is 12.1 Å². The van der Waals surface area contributed by atoms with E-state index in [-0.39, 0.29) is 11.9 Å². The van der Waals surface area contributed by atoms with Crippen LogP contribution in [0.2, 0.25) is 0 Å². The summed E-state index contributed by atoms with van der Waals surface area (Å²) in [5.74, 6) is -0.303. The highest BCUT2D eigenvalue weighted by molar-refractivity contribution is 5.93. The van der Waals surface area contributed by atoms with E-state index in [4.69, 9.17) is 0 Å². The summed E-state index contributed by atoms with van der Waals surface area (Å²) in [6.45, 7) is 0. The number of hydrazine groups is 1. The lowest BCUT2D eigenvalue weighted by atomic mass is 10.4. The van der Waals surface area contributed by atoms with Gasteiger partial charge >= 0.3 is 0 Å². The Hall–Kier alpha value is -1.30.